The number of amides is 3. The third-order valence-corrected chi connectivity index (χ3v) is 5.20. The molecule has 29 heavy (non-hydrogen) atoms. The fourth-order valence-electron chi connectivity index (χ4n) is 2.35. The Kier molecular flexibility index (Phi) is 12.5. The van der Waals surface area contributed by atoms with Crippen LogP contribution in [0.15, 0.2) is 0 Å². The Morgan fingerprint density at radius 3 is 1.93 bits per heavy atom. The highest BCUT2D eigenvalue weighted by Gasteiger charge is 2.33. The summed E-state index contributed by atoms with van der Waals surface area (Å²) >= 11 is 1.53. The summed E-state index contributed by atoms with van der Waals surface area (Å²) in [6.07, 6.45) is 1.59. The topological polar surface area (TPSA) is 171 Å². The zero-order valence-electron chi connectivity index (χ0n) is 17.6. The van der Waals surface area contributed by atoms with Crippen molar-refractivity contribution in [3.05, 3.63) is 0 Å². The SMILES string of the molecule is CCC(C)C(NC(=O)C(NC(=O)C(N)CCSC)C(C)O)C(=O)NC(C)C(=O)O. The number of nitrogens with one attached hydrogen (secondary N) is 3. The number of aliphatic hydroxyl groups excluding tert-OH is 1. The highest BCUT2D eigenvalue weighted by molar-refractivity contribution is 7.98. The van der Waals surface area contributed by atoms with E-state index in [0.29, 0.717) is 18.6 Å². The standard InChI is InChI=1S/C18H34N4O6S/c1-6-9(2)13(16(25)20-10(3)18(27)28)21-17(26)14(11(4)23)22-15(24)12(19)7-8-29-5/h9-14,23H,6-8,19H2,1-5H3,(H,20,25)(H,21,26)(H,22,24)(H,27,28). The maximum absolute atomic E-state index is 12.7. The lowest BCUT2D eigenvalue weighted by molar-refractivity contribution is -0.142. The molecule has 0 aromatic heterocycles. The van der Waals surface area contributed by atoms with E-state index in [-0.39, 0.29) is 5.92 Å². The summed E-state index contributed by atoms with van der Waals surface area (Å²) in [6.45, 7) is 6.19. The molecule has 0 saturated carbocycles. The number of carboxylic acid groups (broad SMARTS) is 1. The second-order valence-electron chi connectivity index (χ2n) is 7.06. The van der Waals surface area contributed by atoms with Crippen LogP contribution in [0.1, 0.15) is 40.5 Å². The normalized spacial score (nSPS) is 17.2. The number of hydrogen-bond donors (Lipinski definition) is 6. The number of hydrogen-bond acceptors (Lipinski definition) is 7. The molecule has 0 aliphatic rings. The summed E-state index contributed by atoms with van der Waals surface area (Å²) in [5.74, 6) is -2.85. The second kappa shape index (κ2) is 13.4. The Hall–Kier alpha value is -1.85. The third-order valence-electron chi connectivity index (χ3n) is 4.55. The quantitative estimate of drug-likeness (QED) is 0.215. The maximum Gasteiger partial charge on any atom is 0.325 e. The van der Waals surface area contributed by atoms with Crippen LogP contribution in [0.5, 0.6) is 0 Å². The van der Waals surface area contributed by atoms with Gasteiger partial charge in [-0.1, -0.05) is 20.3 Å². The highest BCUT2D eigenvalue weighted by Crippen LogP contribution is 2.10. The van der Waals surface area contributed by atoms with Gasteiger partial charge in [0.25, 0.3) is 0 Å². The first-order valence-corrected chi connectivity index (χ1v) is 10.9. The van der Waals surface area contributed by atoms with Crippen LogP contribution in [0.2, 0.25) is 0 Å². The van der Waals surface area contributed by atoms with Crippen LogP contribution in [-0.4, -0.2) is 76.2 Å². The van der Waals surface area contributed by atoms with Gasteiger partial charge in [0.05, 0.1) is 12.1 Å². The van der Waals surface area contributed by atoms with Gasteiger partial charge < -0.3 is 31.9 Å². The second-order valence-corrected chi connectivity index (χ2v) is 8.04. The van der Waals surface area contributed by atoms with Gasteiger partial charge in [0.1, 0.15) is 18.1 Å². The monoisotopic (exact) mass is 434 g/mol. The number of aliphatic carboxylic acids is 1. The van der Waals surface area contributed by atoms with Crippen LogP contribution in [-0.2, 0) is 19.2 Å². The summed E-state index contributed by atoms with van der Waals surface area (Å²) in [5.41, 5.74) is 5.80. The summed E-state index contributed by atoms with van der Waals surface area (Å²) in [6, 6.07) is -4.30. The van der Waals surface area contributed by atoms with Crippen molar-refractivity contribution in [1.82, 2.24) is 16.0 Å². The third kappa shape index (κ3) is 9.46. The Labute approximate surface area is 175 Å². The lowest BCUT2D eigenvalue weighted by Crippen LogP contribution is -2.60. The molecule has 0 saturated heterocycles. The van der Waals surface area contributed by atoms with Gasteiger partial charge >= 0.3 is 5.97 Å². The average Bonchev–Trinajstić information content (AvgIpc) is 2.66. The van der Waals surface area contributed by atoms with E-state index < -0.39 is 54.0 Å². The molecular weight excluding hydrogens is 400 g/mol. The Bertz CT molecular complexity index is 575. The lowest BCUT2D eigenvalue weighted by Gasteiger charge is -2.28. The van der Waals surface area contributed by atoms with E-state index in [1.54, 1.807) is 6.92 Å². The van der Waals surface area contributed by atoms with Crippen LogP contribution in [0.25, 0.3) is 0 Å². The first-order chi connectivity index (χ1) is 13.5. The number of carboxylic acids is 1. The van der Waals surface area contributed by atoms with Crippen molar-refractivity contribution in [2.24, 2.45) is 11.7 Å². The minimum atomic E-state index is -1.31. The van der Waals surface area contributed by atoms with E-state index in [0.717, 1.165) is 0 Å². The minimum absolute atomic E-state index is 0.311. The molecule has 11 heteroatoms. The maximum atomic E-state index is 12.7. The molecule has 0 aliphatic heterocycles. The van der Waals surface area contributed by atoms with Crippen molar-refractivity contribution in [2.75, 3.05) is 12.0 Å². The van der Waals surface area contributed by atoms with Crippen LogP contribution in [0.3, 0.4) is 0 Å². The molecule has 0 spiro atoms. The van der Waals surface area contributed by atoms with E-state index in [1.165, 1.54) is 25.6 Å². The fourth-order valence-corrected chi connectivity index (χ4v) is 2.84. The minimum Gasteiger partial charge on any atom is -0.480 e. The molecule has 6 unspecified atom stereocenters. The Morgan fingerprint density at radius 2 is 1.48 bits per heavy atom. The smallest absolute Gasteiger partial charge is 0.325 e. The van der Waals surface area contributed by atoms with Gasteiger partial charge in [-0.15, -0.1) is 0 Å². The van der Waals surface area contributed by atoms with E-state index >= 15 is 0 Å². The molecule has 0 aromatic carbocycles. The van der Waals surface area contributed by atoms with Crippen LogP contribution in [0, 0.1) is 5.92 Å². The molecule has 0 aromatic rings. The van der Waals surface area contributed by atoms with Crippen LogP contribution in [0.4, 0.5) is 0 Å². The van der Waals surface area contributed by atoms with E-state index in [2.05, 4.69) is 16.0 Å². The van der Waals surface area contributed by atoms with Crippen LogP contribution < -0.4 is 21.7 Å². The van der Waals surface area contributed by atoms with Crippen molar-refractivity contribution in [2.45, 2.75) is 70.8 Å². The van der Waals surface area contributed by atoms with Gasteiger partial charge in [0.15, 0.2) is 0 Å². The Balaban J connectivity index is 5.27. The zero-order chi connectivity index (χ0) is 22.7. The fraction of sp³-hybridized carbons (Fsp3) is 0.778. The molecule has 0 aliphatic carbocycles. The largest absolute Gasteiger partial charge is 0.480 e. The van der Waals surface area contributed by atoms with Crippen molar-refractivity contribution in [1.29, 1.82) is 0 Å². The number of thioether (sulfide) groups is 1. The van der Waals surface area contributed by atoms with Crippen molar-refractivity contribution in [3.63, 3.8) is 0 Å². The van der Waals surface area contributed by atoms with Crippen molar-refractivity contribution >= 4 is 35.5 Å². The first kappa shape index (κ1) is 27.1. The molecule has 6 atom stereocenters. The molecule has 7 N–H and O–H groups in total. The molecule has 168 valence electrons. The zero-order valence-corrected chi connectivity index (χ0v) is 18.4. The Morgan fingerprint density at radius 1 is 0.966 bits per heavy atom. The average molecular weight is 435 g/mol. The summed E-state index contributed by atoms with van der Waals surface area (Å²) in [5, 5.41) is 26.2. The van der Waals surface area contributed by atoms with Crippen LogP contribution >= 0.6 is 11.8 Å². The number of carbonyl (C=O) groups excluding carboxylic acids is 3. The number of aliphatic hydroxyl groups is 1. The van der Waals surface area contributed by atoms with Gasteiger partial charge in [-0.3, -0.25) is 19.2 Å². The molecule has 0 fully saturated rings. The molecule has 0 radical (unpaired) electrons. The van der Waals surface area contributed by atoms with Gasteiger partial charge in [0.2, 0.25) is 17.7 Å². The molecular formula is C18H34N4O6S. The van der Waals surface area contributed by atoms with E-state index in [1.807, 2.05) is 13.2 Å². The van der Waals surface area contributed by atoms with Gasteiger partial charge in [0, 0.05) is 0 Å². The summed E-state index contributed by atoms with van der Waals surface area (Å²) in [7, 11) is 0. The highest BCUT2D eigenvalue weighted by atomic mass is 32.2. The molecule has 0 bridgehead atoms. The predicted molar refractivity (Wildman–Crippen MR) is 111 cm³/mol. The first-order valence-electron chi connectivity index (χ1n) is 9.52. The van der Waals surface area contributed by atoms with Gasteiger partial charge in [-0.05, 0) is 38.2 Å². The van der Waals surface area contributed by atoms with E-state index in [4.69, 9.17) is 10.8 Å². The summed E-state index contributed by atoms with van der Waals surface area (Å²) < 4.78 is 0. The van der Waals surface area contributed by atoms with Gasteiger partial charge in [-0.25, -0.2) is 0 Å². The predicted octanol–water partition coefficient (Wildman–Crippen LogP) is -0.947. The molecule has 0 heterocycles. The number of carbonyl (C=O) groups is 4. The van der Waals surface area contributed by atoms with Gasteiger partial charge in [-0.2, -0.15) is 11.8 Å². The summed E-state index contributed by atoms with van der Waals surface area (Å²) in [4.78, 5) is 48.4. The number of nitrogens with two attached hydrogens (primary N) is 1. The molecule has 10 nitrogen and oxygen atoms in total. The lowest BCUT2D eigenvalue weighted by atomic mass is 9.97. The molecule has 0 rings (SSSR count). The van der Waals surface area contributed by atoms with E-state index in [9.17, 15) is 24.3 Å². The molecule has 3 amide bonds. The number of rotatable bonds is 13. The van der Waals surface area contributed by atoms with Crippen molar-refractivity contribution in [3.8, 4) is 0 Å². The van der Waals surface area contributed by atoms with Crippen molar-refractivity contribution < 1.29 is 29.4 Å².